The molecule has 35 heavy (non-hydrogen) atoms. The maximum atomic E-state index is 13.2. The molecule has 0 saturated carbocycles. The van der Waals surface area contributed by atoms with Crippen LogP contribution >= 0.6 is 34.4 Å². The van der Waals surface area contributed by atoms with Gasteiger partial charge in [0, 0.05) is 6.54 Å². The lowest BCUT2D eigenvalue weighted by Gasteiger charge is -2.15. The van der Waals surface area contributed by atoms with Crippen LogP contribution in [0.15, 0.2) is 71.6 Å². The molecule has 1 aliphatic rings. The van der Waals surface area contributed by atoms with Crippen LogP contribution in [-0.2, 0) is 17.8 Å². The van der Waals surface area contributed by atoms with Gasteiger partial charge in [0.05, 0.1) is 15.1 Å². The van der Waals surface area contributed by atoms with Crippen LogP contribution in [0.3, 0.4) is 0 Å². The Morgan fingerprint density at radius 1 is 1.00 bits per heavy atom. The van der Waals surface area contributed by atoms with Crippen molar-refractivity contribution in [3.05, 3.63) is 97.7 Å². The van der Waals surface area contributed by atoms with E-state index in [4.69, 9.17) is 9.47 Å². The normalized spacial score (nSPS) is 14.6. The molecule has 0 unspecified atom stereocenters. The molecule has 0 radical (unpaired) electrons. The van der Waals surface area contributed by atoms with E-state index < -0.39 is 0 Å². The highest BCUT2D eigenvalue weighted by molar-refractivity contribution is 14.1. The van der Waals surface area contributed by atoms with Gasteiger partial charge in [-0.1, -0.05) is 42.5 Å². The molecule has 8 heteroatoms. The highest BCUT2D eigenvalue weighted by Crippen LogP contribution is 2.38. The molecule has 0 aromatic heterocycles. The van der Waals surface area contributed by atoms with E-state index in [0.29, 0.717) is 36.0 Å². The summed E-state index contributed by atoms with van der Waals surface area (Å²) in [6, 6.07) is 19.6. The van der Waals surface area contributed by atoms with Crippen molar-refractivity contribution >= 4 is 51.6 Å². The number of hydrogen-bond donors (Lipinski definition) is 0. The van der Waals surface area contributed by atoms with E-state index in [1.165, 1.54) is 17.0 Å². The highest BCUT2D eigenvalue weighted by Gasteiger charge is 2.34. The SMILES string of the molecule is CCOc1cc(/C=C2\SC(=O)N(CCc3ccccc3)C2=O)cc(I)c1OCc1ccc(F)cc1. The number of rotatable bonds is 9. The number of hydrogen-bond acceptors (Lipinski definition) is 5. The number of carbonyl (C=O) groups is 2. The zero-order valence-electron chi connectivity index (χ0n) is 19.0. The molecule has 180 valence electrons. The number of thioether (sulfide) groups is 1. The number of imide groups is 1. The van der Waals surface area contributed by atoms with Crippen molar-refractivity contribution in [3.63, 3.8) is 0 Å². The van der Waals surface area contributed by atoms with E-state index in [0.717, 1.165) is 32.0 Å². The quantitative estimate of drug-likeness (QED) is 0.202. The van der Waals surface area contributed by atoms with Gasteiger partial charge in [-0.05, 0) is 94.7 Å². The number of nitrogens with zero attached hydrogens (tertiary/aromatic N) is 1. The second-order valence-electron chi connectivity index (χ2n) is 7.75. The van der Waals surface area contributed by atoms with Crippen LogP contribution in [0.1, 0.15) is 23.6 Å². The molecule has 1 aliphatic heterocycles. The minimum absolute atomic E-state index is 0.260. The summed E-state index contributed by atoms with van der Waals surface area (Å²) in [5, 5.41) is -0.267. The van der Waals surface area contributed by atoms with Gasteiger partial charge in [0.1, 0.15) is 12.4 Å². The fraction of sp³-hybridized carbons (Fsp3) is 0.185. The number of benzene rings is 3. The molecular formula is C27H23FINO4S. The van der Waals surface area contributed by atoms with Crippen LogP contribution in [-0.4, -0.2) is 29.2 Å². The van der Waals surface area contributed by atoms with Gasteiger partial charge in [0.25, 0.3) is 11.1 Å². The molecule has 0 spiro atoms. The van der Waals surface area contributed by atoms with Crippen molar-refractivity contribution in [1.29, 1.82) is 0 Å². The Morgan fingerprint density at radius 3 is 2.46 bits per heavy atom. The van der Waals surface area contributed by atoms with E-state index in [1.54, 1.807) is 24.3 Å². The minimum Gasteiger partial charge on any atom is -0.490 e. The summed E-state index contributed by atoms with van der Waals surface area (Å²) in [7, 11) is 0. The number of ether oxygens (including phenoxy) is 2. The summed E-state index contributed by atoms with van der Waals surface area (Å²) in [4.78, 5) is 27.1. The van der Waals surface area contributed by atoms with Crippen LogP contribution in [0.4, 0.5) is 9.18 Å². The third kappa shape index (κ3) is 6.43. The molecule has 0 aliphatic carbocycles. The molecule has 1 fully saturated rings. The Balaban J connectivity index is 1.50. The molecule has 3 aromatic rings. The standard InChI is InChI=1S/C27H23FINO4S/c1-2-33-23-15-20(14-22(29)25(23)34-17-19-8-10-21(28)11-9-19)16-24-26(31)30(27(32)35-24)13-12-18-6-4-3-5-7-18/h3-11,14-16H,2,12-13,17H2,1H3/b24-16-. The Hall–Kier alpha value is -2.85. The minimum atomic E-state index is -0.299. The number of amides is 2. The van der Waals surface area contributed by atoms with Crippen LogP contribution in [0, 0.1) is 9.39 Å². The van der Waals surface area contributed by atoms with Gasteiger partial charge in [-0.25, -0.2) is 4.39 Å². The summed E-state index contributed by atoms with van der Waals surface area (Å²) in [6.07, 6.45) is 2.32. The topological polar surface area (TPSA) is 55.8 Å². The van der Waals surface area contributed by atoms with E-state index in [2.05, 4.69) is 22.6 Å². The lowest BCUT2D eigenvalue weighted by Crippen LogP contribution is -2.30. The van der Waals surface area contributed by atoms with E-state index >= 15 is 0 Å². The van der Waals surface area contributed by atoms with E-state index in [-0.39, 0.29) is 23.6 Å². The first-order valence-corrected chi connectivity index (χ1v) is 13.0. The smallest absolute Gasteiger partial charge is 0.293 e. The predicted octanol–water partition coefficient (Wildman–Crippen LogP) is 6.69. The van der Waals surface area contributed by atoms with Gasteiger partial charge >= 0.3 is 0 Å². The molecule has 4 rings (SSSR count). The van der Waals surface area contributed by atoms with E-state index in [9.17, 15) is 14.0 Å². The second-order valence-corrected chi connectivity index (χ2v) is 9.90. The van der Waals surface area contributed by atoms with Crippen molar-refractivity contribution in [2.24, 2.45) is 0 Å². The number of halogens is 2. The van der Waals surface area contributed by atoms with Crippen molar-refractivity contribution in [1.82, 2.24) is 4.90 Å². The Kier molecular flexibility index (Phi) is 8.46. The molecule has 0 N–H and O–H groups in total. The molecule has 3 aromatic carbocycles. The summed E-state index contributed by atoms with van der Waals surface area (Å²) in [5.41, 5.74) is 2.64. The zero-order chi connectivity index (χ0) is 24.8. The summed E-state index contributed by atoms with van der Waals surface area (Å²) in [5.74, 6) is 0.522. The van der Waals surface area contributed by atoms with Crippen molar-refractivity contribution in [2.45, 2.75) is 20.0 Å². The average molecular weight is 603 g/mol. The van der Waals surface area contributed by atoms with Crippen LogP contribution in [0.2, 0.25) is 0 Å². The predicted molar refractivity (Wildman–Crippen MR) is 144 cm³/mol. The summed E-state index contributed by atoms with van der Waals surface area (Å²) >= 11 is 3.10. The average Bonchev–Trinajstić information content (AvgIpc) is 3.11. The van der Waals surface area contributed by atoms with Gasteiger partial charge in [-0.15, -0.1) is 0 Å². The Bertz CT molecular complexity index is 1250. The lowest BCUT2D eigenvalue weighted by atomic mass is 10.1. The summed E-state index contributed by atoms with van der Waals surface area (Å²) in [6.45, 7) is 2.91. The largest absolute Gasteiger partial charge is 0.490 e. The van der Waals surface area contributed by atoms with Crippen LogP contribution in [0.25, 0.3) is 6.08 Å². The van der Waals surface area contributed by atoms with Gasteiger partial charge in [0.15, 0.2) is 11.5 Å². The molecule has 1 heterocycles. The first kappa shape index (κ1) is 25.2. The van der Waals surface area contributed by atoms with Crippen molar-refractivity contribution in [3.8, 4) is 11.5 Å². The van der Waals surface area contributed by atoms with Crippen LogP contribution < -0.4 is 9.47 Å². The molecule has 1 saturated heterocycles. The summed E-state index contributed by atoms with van der Waals surface area (Å²) < 4.78 is 25.8. The van der Waals surface area contributed by atoms with Crippen molar-refractivity contribution < 1.29 is 23.5 Å². The first-order valence-electron chi connectivity index (χ1n) is 11.1. The molecule has 0 atom stereocenters. The lowest BCUT2D eigenvalue weighted by molar-refractivity contribution is -0.122. The van der Waals surface area contributed by atoms with E-state index in [1.807, 2.05) is 43.3 Å². The Morgan fingerprint density at radius 2 is 1.74 bits per heavy atom. The Labute approximate surface area is 221 Å². The molecule has 5 nitrogen and oxygen atoms in total. The fourth-order valence-corrected chi connectivity index (χ4v) is 5.19. The van der Waals surface area contributed by atoms with Gasteiger partial charge in [-0.2, -0.15) is 0 Å². The maximum absolute atomic E-state index is 13.2. The first-order chi connectivity index (χ1) is 16.9. The number of carbonyl (C=O) groups excluding carboxylic acids is 2. The van der Waals surface area contributed by atoms with Crippen LogP contribution in [0.5, 0.6) is 11.5 Å². The molecule has 2 amide bonds. The monoisotopic (exact) mass is 603 g/mol. The van der Waals surface area contributed by atoms with Gasteiger partial charge in [0.2, 0.25) is 0 Å². The molecule has 0 bridgehead atoms. The fourth-order valence-electron chi connectivity index (χ4n) is 3.54. The molecular weight excluding hydrogens is 580 g/mol. The maximum Gasteiger partial charge on any atom is 0.293 e. The third-order valence-electron chi connectivity index (χ3n) is 5.27. The van der Waals surface area contributed by atoms with Crippen molar-refractivity contribution in [2.75, 3.05) is 13.2 Å². The second kappa shape index (κ2) is 11.7. The van der Waals surface area contributed by atoms with Gasteiger partial charge in [-0.3, -0.25) is 14.5 Å². The zero-order valence-corrected chi connectivity index (χ0v) is 22.0. The highest BCUT2D eigenvalue weighted by atomic mass is 127. The third-order valence-corrected chi connectivity index (χ3v) is 6.98. The van der Waals surface area contributed by atoms with Gasteiger partial charge < -0.3 is 9.47 Å².